The van der Waals surface area contributed by atoms with Crippen LogP contribution in [-0.4, -0.2) is 18.1 Å². The standard InChI is InChI=1S/C18H22N2.C2H6/c1-2-14-13-19-11-9-15(14)7-8-16-10-12-20-18-6-4-3-5-17(16)18;1-2/h2-6,10,12,14-15,19H,1,7-9,11,13H2;1-2H3. The molecule has 0 amide bonds. The summed E-state index contributed by atoms with van der Waals surface area (Å²) in [6.45, 7) is 10.2. The van der Waals surface area contributed by atoms with E-state index in [-0.39, 0.29) is 0 Å². The molecule has 1 saturated heterocycles. The number of nitrogens with zero attached hydrogens (tertiary/aromatic N) is 1. The molecule has 0 radical (unpaired) electrons. The van der Waals surface area contributed by atoms with Crippen LogP contribution in [0.2, 0.25) is 0 Å². The van der Waals surface area contributed by atoms with E-state index in [9.17, 15) is 0 Å². The molecule has 1 aliphatic heterocycles. The summed E-state index contributed by atoms with van der Waals surface area (Å²) in [5, 5.41) is 4.77. The molecule has 22 heavy (non-hydrogen) atoms. The van der Waals surface area contributed by atoms with Gasteiger partial charge in [0.25, 0.3) is 0 Å². The highest BCUT2D eigenvalue weighted by Gasteiger charge is 2.22. The molecular weight excluding hydrogens is 268 g/mol. The third kappa shape index (κ3) is 3.95. The van der Waals surface area contributed by atoms with Crippen LogP contribution in [-0.2, 0) is 6.42 Å². The summed E-state index contributed by atoms with van der Waals surface area (Å²) in [4.78, 5) is 4.44. The average Bonchev–Trinajstić information content (AvgIpc) is 2.62. The Morgan fingerprint density at radius 1 is 1.27 bits per heavy atom. The molecular formula is C20H28N2. The molecule has 2 unspecified atom stereocenters. The van der Waals surface area contributed by atoms with Gasteiger partial charge in [0.05, 0.1) is 5.52 Å². The van der Waals surface area contributed by atoms with Gasteiger partial charge >= 0.3 is 0 Å². The van der Waals surface area contributed by atoms with Crippen molar-refractivity contribution < 1.29 is 0 Å². The Kier molecular flexibility index (Phi) is 6.60. The maximum Gasteiger partial charge on any atom is 0.0704 e. The quantitative estimate of drug-likeness (QED) is 0.834. The lowest BCUT2D eigenvalue weighted by Crippen LogP contribution is -2.35. The van der Waals surface area contributed by atoms with Gasteiger partial charge in [-0.1, -0.05) is 38.1 Å². The van der Waals surface area contributed by atoms with E-state index in [0.29, 0.717) is 5.92 Å². The zero-order valence-electron chi connectivity index (χ0n) is 13.9. The van der Waals surface area contributed by atoms with E-state index in [2.05, 4.69) is 53.3 Å². The number of benzene rings is 1. The van der Waals surface area contributed by atoms with Crippen molar-refractivity contribution in [3.8, 4) is 0 Å². The van der Waals surface area contributed by atoms with E-state index in [0.717, 1.165) is 30.9 Å². The van der Waals surface area contributed by atoms with Crippen molar-refractivity contribution in [3.05, 3.63) is 54.7 Å². The molecule has 2 atom stereocenters. The molecule has 1 fully saturated rings. The van der Waals surface area contributed by atoms with Crippen molar-refractivity contribution in [2.75, 3.05) is 13.1 Å². The van der Waals surface area contributed by atoms with Crippen LogP contribution in [0.25, 0.3) is 10.9 Å². The fourth-order valence-corrected chi connectivity index (χ4v) is 3.29. The Bertz CT molecular complexity index is 586. The SMILES string of the molecule is C=CC1CNCCC1CCc1ccnc2ccccc12.CC. The topological polar surface area (TPSA) is 24.9 Å². The van der Waals surface area contributed by atoms with E-state index >= 15 is 0 Å². The minimum Gasteiger partial charge on any atom is -0.316 e. The zero-order chi connectivity index (χ0) is 15.8. The predicted molar refractivity (Wildman–Crippen MR) is 96.1 cm³/mol. The highest BCUT2D eigenvalue weighted by atomic mass is 14.9. The fraction of sp³-hybridized carbons (Fsp3) is 0.450. The lowest BCUT2D eigenvalue weighted by atomic mass is 9.82. The molecule has 3 rings (SSSR count). The first-order valence-corrected chi connectivity index (χ1v) is 8.54. The lowest BCUT2D eigenvalue weighted by molar-refractivity contribution is 0.285. The number of aromatic nitrogens is 1. The van der Waals surface area contributed by atoms with Crippen molar-refractivity contribution in [2.45, 2.75) is 33.1 Å². The second kappa shape index (κ2) is 8.70. The van der Waals surface area contributed by atoms with Crippen LogP contribution in [0, 0.1) is 11.8 Å². The molecule has 1 aromatic heterocycles. The van der Waals surface area contributed by atoms with Crippen LogP contribution in [0.4, 0.5) is 0 Å². The lowest BCUT2D eigenvalue weighted by Gasteiger charge is -2.30. The van der Waals surface area contributed by atoms with Gasteiger partial charge in [0.1, 0.15) is 0 Å². The Balaban J connectivity index is 0.000000847. The van der Waals surface area contributed by atoms with E-state index in [1.165, 1.54) is 23.8 Å². The van der Waals surface area contributed by atoms with Crippen LogP contribution in [0.15, 0.2) is 49.2 Å². The second-order valence-electron chi connectivity index (χ2n) is 5.68. The van der Waals surface area contributed by atoms with Gasteiger partial charge in [-0.3, -0.25) is 4.98 Å². The molecule has 0 saturated carbocycles. The van der Waals surface area contributed by atoms with Gasteiger partial charge in [-0.2, -0.15) is 0 Å². The monoisotopic (exact) mass is 296 g/mol. The molecule has 2 heteroatoms. The van der Waals surface area contributed by atoms with Crippen molar-refractivity contribution >= 4 is 10.9 Å². The summed E-state index contributed by atoms with van der Waals surface area (Å²) in [5.74, 6) is 1.39. The summed E-state index contributed by atoms with van der Waals surface area (Å²) in [6.07, 6.45) is 7.71. The molecule has 1 aromatic carbocycles. The molecule has 2 aromatic rings. The van der Waals surface area contributed by atoms with E-state index in [4.69, 9.17) is 0 Å². The Morgan fingerprint density at radius 3 is 2.91 bits per heavy atom. The second-order valence-corrected chi connectivity index (χ2v) is 5.68. The fourth-order valence-electron chi connectivity index (χ4n) is 3.29. The summed E-state index contributed by atoms with van der Waals surface area (Å²) < 4.78 is 0. The van der Waals surface area contributed by atoms with Crippen LogP contribution in [0.1, 0.15) is 32.3 Å². The van der Waals surface area contributed by atoms with Crippen LogP contribution >= 0.6 is 0 Å². The average molecular weight is 296 g/mol. The van der Waals surface area contributed by atoms with Gasteiger partial charge < -0.3 is 5.32 Å². The molecule has 2 heterocycles. The Morgan fingerprint density at radius 2 is 2.09 bits per heavy atom. The minimum absolute atomic E-state index is 0.622. The first-order chi connectivity index (χ1) is 10.9. The summed E-state index contributed by atoms with van der Waals surface area (Å²) in [7, 11) is 0. The number of fused-ring (bicyclic) bond motifs is 1. The Hall–Kier alpha value is -1.67. The smallest absolute Gasteiger partial charge is 0.0704 e. The van der Waals surface area contributed by atoms with Crippen molar-refractivity contribution in [1.29, 1.82) is 0 Å². The number of piperidine rings is 1. The third-order valence-corrected chi connectivity index (χ3v) is 4.50. The number of nitrogens with one attached hydrogen (secondary N) is 1. The maximum absolute atomic E-state index is 4.44. The largest absolute Gasteiger partial charge is 0.316 e. The van der Waals surface area contributed by atoms with E-state index in [1.54, 1.807) is 0 Å². The predicted octanol–water partition coefficient (Wildman–Crippen LogP) is 4.61. The molecule has 1 aliphatic rings. The minimum atomic E-state index is 0.622. The molecule has 1 N–H and O–H groups in total. The molecule has 0 bridgehead atoms. The summed E-state index contributed by atoms with van der Waals surface area (Å²) in [5.41, 5.74) is 2.53. The normalized spacial score (nSPS) is 21.0. The third-order valence-electron chi connectivity index (χ3n) is 4.50. The van der Waals surface area contributed by atoms with Crippen molar-refractivity contribution in [3.63, 3.8) is 0 Å². The van der Waals surface area contributed by atoms with E-state index < -0.39 is 0 Å². The van der Waals surface area contributed by atoms with Gasteiger partial charge in [0.2, 0.25) is 0 Å². The molecule has 0 spiro atoms. The van der Waals surface area contributed by atoms with Crippen LogP contribution in [0.5, 0.6) is 0 Å². The number of para-hydroxylation sites is 1. The van der Waals surface area contributed by atoms with Crippen LogP contribution in [0.3, 0.4) is 0 Å². The van der Waals surface area contributed by atoms with Crippen molar-refractivity contribution in [2.24, 2.45) is 11.8 Å². The van der Waals surface area contributed by atoms with Gasteiger partial charge in [-0.25, -0.2) is 0 Å². The number of rotatable bonds is 4. The highest BCUT2D eigenvalue weighted by molar-refractivity contribution is 5.81. The maximum atomic E-state index is 4.44. The molecule has 2 nitrogen and oxygen atoms in total. The summed E-state index contributed by atoms with van der Waals surface area (Å²) >= 11 is 0. The molecule has 118 valence electrons. The number of hydrogen-bond donors (Lipinski definition) is 1. The van der Waals surface area contributed by atoms with Crippen LogP contribution < -0.4 is 5.32 Å². The van der Waals surface area contributed by atoms with E-state index in [1.807, 2.05) is 20.0 Å². The van der Waals surface area contributed by atoms with Gasteiger partial charge in [0.15, 0.2) is 0 Å². The zero-order valence-corrected chi connectivity index (χ0v) is 13.9. The Labute approximate surface area is 134 Å². The van der Waals surface area contributed by atoms with Gasteiger partial charge in [-0.05, 0) is 55.3 Å². The molecule has 0 aliphatic carbocycles. The highest BCUT2D eigenvalue weighted by Crippen LogP contribution is 2.27. The van der Waals surface area contributed by atoms with Crippen molar-refractivity contribution in [1.82, 2.24) is 10.3 Å². The number of hydrogen-bond acceptors (Lipinski definition) is 2. The van der Waals surface area contributed by atoms with Gasteiger partial charge in [-0.15, -0.1) is 6.58 Å². The summed E-state index contributed by atoms with van der Waals surface area (Å²) in [6, 6.07) is 10.6. The first kappa shape index (κ1) is 16.7. The number of aryl methyl sites for hydroxylation is 1. The number of pyridine rings is 1. The van der Waals surface area contributed by atoms with Gasteiger partial charge in [0, 0.05) is 18.1 Å². The first-order valence-electron chi connectivity index (χ1n) is 8.54.